The lowest BCUT2D eigenvalue weighted by molar-refractivity contribution is 0.881. The minimum Gasteiger partial charge on any atom is -0.348 e. The largest absolute Gasteiger partial charge is 0.348 e. The zero-order valence-corrected chi connectivity index (χ0v) is 9.21. The van der Waals surface area contributed by atoms with Crippen LogP contribution in [0.25, 0.3) is 10.9 Å². The molecule has 3 rings (SSSR count). The van der Waals surface area contributed by atoms with Gasteiger partial charge in [-0.2, -0.15) is 5.21 Å². The van der Waals surface area contributed by atoms with Crippen molar-refractivity contribution in [2.75, 3.05) is 5.32 Å². The monoisotopic (exact) mass is 243 g/mol. The average Bonchev–Trinajstić information content (AvgIpc) is 2.90. The maximum atomic E-state index is 11.8. The van der Waals surface area contributed by atoms with E-state index in [1.807, 2.05) is 6.07 Å². The predicted octanol–water partition coefficient (Wildman–Crippen LogP) is 0.0483. The van der Waals surface area contributed by atoms with Crippen LogP contribution in [0.5, 0.6) is 0 Å². The molecule has 0 aliphatic rings. The number of hydrogen-bond donors (Lipinski definition) is 3. The number of tetrazole rings is 1. The van der Waals surface area contributed by atoms with Crippen molar-refractivity contribution in [1.29, 1.82) is 0 Å². The topological polar surface area (TPSA) is 112 Å². The molecule has 0 spiro atoms. The van der Waals surface area contributed by atoms with Gasteiger partial charge in [-0.15, -0.1) is 10.2 Å². The number of fused-ring (bicyclic) bond motifs is 1. The Balaban J connectivity index is 1.91. The molecule has 0 aliphatic carbocycles. The van der Waals surface area contributed by atoms with E-state index in [2.05, 4.69) is 35.9 Å². The Morgan fingerprint density at radius 3 is 3.00 bits per heavy atom. The number of hydrogen-bond acceptors (Lipinski definition) is 6. The Hall–Kier alpha value is -2.77. The van der Waals surface area contributed by atoms with Crippen LogP contribution in [0.3, 0.4) is 0 Å². The summed E-state index contributed by atoms with van der Waals surface area (Å²) in [6, 6.07) is 7.14. The second-order valence-electron chi connectivity index (χ2n) is 3.61. The third-order valence-electron chi connectivity index (χ3n) is 2.42. The van der Waals surface area contributed by atoms with Crippen LogP contribution in [0.15, 0.2) is 29.1 Å². The van der Waals surface area contributed by atoms with Gasteiger partial charge in [-0.1, -0.05) is 17.3 Å². The second kappa shape index (κ2) is 4.24. The molecule has 90 valence electrons. The third kappa shape index (κ3) is 1.90. The molecule has 0 unspecified atom stereocenters. The summed E-state index contributed by atoms with van der Waals surface area (Å²) in [5.41, 5.74) is 0.452. The summed E-state index contributed by atoms with van der Waals surface area (Å²) in [6.07, 6.45) is 0. The molecule has 0 saturated heterocycles. The van der Waals surface area contributed by atoms with E-state index < -0.39 is 0 Å². The highest BCUT2D eigenvalue weighted by Gasteiger charge is 2.03. The summed E-state index contributed by atoms with van der Waals surface area (Å²) in [5.74, 6) is 0.870. The molecule has 0 bridgehead atoms. The lowest BCUT2D eigenvalue weighted by atomic mass is 10.2. The molecule has 0 radical (unpaired) electrons. The van der Waals surface area contributed by atoms with Crippen LogP contribution in [-0.4, -0.2) is 30.6 Å². The first-order valence-corrected chi connectivity index (χ1v) is 5.28. The van der Waals surface area contributed by atoms with E-state index in [1.54, 1.807) is 18.2 Å². The molecular weight excluding hydrogens is 234 g/mol. The van der Waals surface area contributed by atoms with Crippen LogP contribution in [0, 0.1) is 0 Å². The SMILES string of the molecule is O=c1[nH]c(NCc2nn[nH]n2)nc2ccccc12. The van der Waals surface area contributed by atoms with Gasteiger partial charge in [0.05, 0.1) is 17.4 Å². The maximum Gasteiger partial charge on any atom is 0.260 e. The van der Waals surface area contributed by atoms with Crippen molar-refractivity contribution in [3.8, 4) is 0 Å². The quantitative estimate of drug-likeness (QED) is 0.599. The molecule has 8 heteroatoms. The van der Waals surface area contributed by atoms with E-state index in [0.29, 0.717) is 29.2 Å². The van der Waals surface area contributed by atoms with Gasteiger partial charge in [0.1, 0.15) is 0 Å². The molecular formula is C10H9N7O. The minimum atomic E-state index is -0.184. The number of aromatic nitrogens is 6. The summed E-state index contributed by atoms with van der Waals surface area (Å²) in [5, 5.41) is 16.8. The van der Waals surface area contributed by atoms with Crippen molar-refractivity contribution >= 4 is 16.9 Å². The van der Waals surface area contributed by atoms with Crippen LogP contribution < -0.4 is 10.9 Å². The number of aromatic amines is 2. The highest BCUT2D eigenvalue weighted by Crippen LogP contribution is 2.07. The Morgan fingerprint density at radius 1 is 1.28 bits per heavy atom. The third-order valence-corrected chi connectivity index (χ3v) is 2.42. The molecule has 0 amide bonds. The van der Waals surface area contributed by atoms with E-state index in [4.69, 9.17) is 0 Å². The molecule has 18 heavy (non-hydrogen) atoms. The normalized spacial score (nSPS) is 10.7. The molecule has 0 atom stereocenters. The van der Waals surface area contributed by atoms with Gasteiger partial charge in [0.2, 0.25) is 5.95 Å². The summed E-state index contributed by atoms with van der Waals surface area (Å²) >= 11 is 0. The van der Waals surface area contributed by atoms with Crippen LogP contribution >= 0.6 is 0 Å². The highest BCUT2D eigenvalue weighted by molar-refractivity contribution is 5.78. The number of nitrogens with one attached hydrogen (secondary N) is 3. The Labute approximate surface area is 100 Å². The lowest BCUT2D eigenvalue weighted by Gasteiger charge is -2.03. The molecule has 3 N–H and O–H groups in total. The molecule has 1 aromatic carbocycles. The molecule has 8 nitrogen and oxygen atoms in total. The van der Waals surface area contributed by atoms with E-state index in [9.17, 15) is 4.79 Å². The van der Waals surface area contributed by atoms with Gasteiger partial charge >= 0.3 is 0 Å². The van der Waals surface area contributed by atoms with E-state index in [0.717, 1.165) is 0 Å². The predicted molar refractivity (Wildman–Crippen MR) is 63.9 cm³/mol. The zero-order chi connectivity index (χ0) is 12.4. The van der Waals surface area contributed by atoms with Crippen molar-refractivity contribution in [3.05, 3.63) is 40.4 Å². The number of nitrogens with zero attached hydrogens (tertiary/aromatic N) is 4. The molecule has 0 aliphatic heterocycles. The fourth-order valence-corrected chi connectivity index (χ4v) is 1.59. The molecule has 3 aromatic rings. The Kier molecular flexibility index (Phi) is 2.45. The minimum absolute atomic E-state index is 0.184. The van der Waals surface area contributed by atoms with Gasteiger partial charge in [-0.05, 0) is 12.1 Å². The second-order valence-corrected chi connectivity index (χ2v) is 3.61. The van der Waals surface area contributed by atoms with Crippen LogP contribution in [0.1, 0.15) is 5.82 Å². The standard InChI is InChI=1S/C10H9N7O/c18-9-6-3-1-2-4-7(6)12-10(13-9)11-5-8-14-16-17-15-8/h1-4H,5H2,(H2,11,12,13,18)(H,14,15,16,17). The smallest absolute Gasteiger partial charge is 0.260 e. The summed E-state index contributed by atoms with van der Waals surface area (Å²) in [4.78, 5) is 18.7. The van der Waals surface area contributed by atoms with Gasteiger partial charge in [-0.25, -0.2) is 4.98 Å². The first kappa shape index (κ1) is 10.4. The van der Waals surface area contributed by atoms with Crippen molar-refractivity contribution in [2.45, 2.75) is 6.54 Å². The van der Waals surface area contributed by atoms with Crippen molar-refractivity contribution in [1.82, 2.24) is 30.6 Å². The molecule has 2 heterocycles. The summed E-state index contributed by atoms with van der Waals surface area (Å²) in [6.45, 7) is 0.331. The fourth-order valence-electron chi connectivity index (χ4n) is 1.59. The summed E-state index contributed by atoms with van der Waals surface area (Å²) < 4.78 is 0. The molecule has 0 saturated carbocycles. The number of benzene rings is 1. The average molecular weight is 243 g/mol. The Morgan fingerprint density at radius 2 is 2.17 bits per heavy atom. The van der Waals surface area contributed by atoms with Gasteiger partial charge in [0, 0.05) is 0 Å². The first-order valence-electron chi connectivity index (χ1n) is 5.28. The van der Waals surface area contributed by atoms with Gasteiger partial charge in [0.15, 0.2) is 5.82 Å². The number of rotatable bonds is 3. The van der Waals surface area contributed by atoms with Crippen molar-refractivity contribution < 1.29 is 0 Å². The van der Waals surface area contributed by atoms with E-state index >= 15 is 0 Å². The Bertz CT molecular complexity index is 718. The van der Waals surface area contributed by atoms with Gasteiger partial charge in [-0.3, -0.25) is 9.78 Å². The maximum absolute atomic E-state index is 11.8. The first-order chi connectivity index (χ1) is 8.83. The van der Waals surface area contributed by atoms with E-state index in [1.165, 1.54) is 0 Å². The van der Waals surface area contributed by atoms with Crippen molar-refractivity contribution in [3.63, 3.8) is 0 Å². The van der Waals surface area contributed by atoms with Crippen molar-refractivity contribution in [2.24, 2.45) is 0 Å². The van der Waals surface area contributed by atoms with Crippen LogP contribution in [-0.2, 0) is 6.54 Å². The fraction of sp³-hybridized carbons (Fsp3) is 0.100. The van der Waals surface area contributed by atoms with E-state index in [-0.39, 0.29) is 5.56 Å². The highest BCUT2D eigenvalue weighted by atomic mass is 16.1. The summed E-state index contributed by atoms with van der Waals surface area (Å²) in [7, 11) is 0. The lowest BCUT2D eigenvalue weighted by Crippen LogP contribution is -2.13. The van der Waals surface area contributed by atoms with Crippen LogP contribution in [0.2, 0.25) is 0 Å². The number of para-hydroxylation sites is 1. The zero-order valence-electron chi connectivity index (χ0n) is 9.21. The molecule has 0 fully saturated rings. The number of anilines is 1. The van der Waals surface area contributed by atoms with Gasteiger partial charge < -0.3 is 5.32 Å². The molecule has 2 aromatic heterocycles. The van der Waals surface area contributed by atoms with Gasteiger partial charge in [0.25, 0.3) is 5.56 Å². The number of H-pyrrole nitrogens is 2. The van der Waals surface area contributed by atoms with Crippen LogP contribution in [0.4, 0.5) is 5.95 Å².